The Morgan fingerprint density at radius 1 is 1.39 bits per heavy atom. The van der Waals surface area contributed by atoms with Gasteiger partial charge in [0.05, 0.1) is 10.3 Å². The van der Waals surface area contributed by atoms with Gasteiger partial charge in [-0.15, -0.1) is 12.3 Å². The summed E-state index contributed by atoms with van der Waals surface area (Å²) in [6, 6.07) is 4.80. The first-order valence-corrected chi connectivity index (χ1v) is 5.42. The summed E-state index contributed by atoms with van der Waals surface area (Å²) in [6.07, 6.45) is 8.93. The first-order valence-electron chi connectivity index (χ1n) is 5.42. The second kappa shape index (κ2) is 5.15. The van der Waals surface area contributed by atoms with E-state index in [0.717, 1.165) is 11.1 Å². The number of nitrogens with one attached hydrogen (secondary N) is 1. The van der Waals surface area contributed by atoms with Gasteiger partial charge in [0.15, 0.2) is 0 Å². The topological polar surface area (TPSA) is 68.1 Å². The van der Waals surface area contributed by atoms with Crippen LogP contribution in [0.1, 0.15) is 6.42 Å². The zero-order chi connectivity index (χ0) is 13.0. The summed E-state index contributed by atoms with van der Waals surface area (Å²) >= 11 is 0. The Morgan fingerprint density at radius 2 is 2.22 bits per heavy atom. The van der Waals surface area contributed by atoms with Crippen molar-refractivity contribution in [1.82, 2.24) is 4.98 Å². The van der Waals surface area contributed by atoms with Gasteiger partial charge in [-0.05, 0) is 12.1 Å². The number of non-ortho nitro benzene ring substituents is 1. The highest BCUT2D eigenvalue weighted by Gasteiger charge is 2.13. The smallest absolute Gasteiger partial charge is 0.277 e. The Kier molecular flexibility index (Phi) is 3.39. The summed E-state index contributed by atoms with van der Waals surface area (Å²) in [4.78, 5) is 14.5. The monoisotopic (exact) mass is 241 g/mol. The van der Waals surface area contributed by atoms with Crippen LogP contribution < -0.4 is 5.32 Å². The molecule has 2 aromatic rings. The number of hydrogen-bond donors (Lipinski definition) is 1. The Balaban J connectivity index is 2.48. The summed E-state index contributed by atoms with van der Waals surface area (Å²) in [5.41, 5.74) is 0.883. The van der Waals surface area contributed by atoms with Crippen molar-refractivity contribution in [2.75, 3.05) is 11.9 Å². The molecule has 0 atom stereocenters. The molecule has 1 N–H and O–H groups in total. The molecule has 0 saturated carbocycles. The Labute approximate surface area is 104 Å². The van der Waals surface area contributed by atoms with E-state index in [1.807, 2.05) is 0 Å². The van der Waals surface area contributed by atoms with Crippen molar-refractivity contribution in [3.63, 3.8) is 0 Å². The number of rotatable bonds is 4. The van der Waals surface area contributed by atoms with Crippen molar-refractivity contribution in [3.05, 3.63) is 40.7 Å². The molecule has 90 valence electrons. The fraction of sp³-hybridized carbons (Fsp3) is 0.154. The molecule has 1 aromatic carbocycles. The first-order chi connectivity index (χ1) is 8.74. The van der Waals surface area contributed by atoms with Gasteiger partial charge in [-0.2, -0.15) is 0 Å². The number of nitro groups is 1. The number of nitro benzene ring substituents is 1. The fourth-order valence-corrected chi connectivity index (χ4v) is 1.76. The van der Waals surface area contributed by atoms with Crippen LogP contribution in [0.2, 0.25) is 0 Å². The number of benzene rings is 1. The molecule has 0 fully saturated rings. The molecule has 0 bridgehead atoms. The second-order valence-corrected chi connectivity index (χ2v) is 3.69. The number of terminal acetylenes is 1. The van der Waals surface area contributed by atoms with E-state index in [2.05, 4.69) is 16.2 Å². The summed E-state index contributed by atoms with van der Waals surface area (Å²) in [5, 5.41) is 15.4. The standard InChI is InChI=1S/C13H11N3O2/c1-2-3-7-15-12-4-5-13(16(17)18)10-6-8-14-9-11(10)12/h1,4-6,8-9,15H,3,7H2. The van der Waals surface area contributed by atoms with Gasteiger partial charge in [0.1, 0.15) is 0 Å². The molecule has 0 saturated heterocycles. The molecule has 0 spiro atoms. The third-order valence-corrected chi connectivity index (χ3v) is 2.58. The number of aromatic nitrogens is 1. The third kappa shape index (κ3) is 2.23. The lowest BCUT2D eigenvalue weighted by Crippen LogP contribution is -2.01. The van der Waals surface area contributed by atoms with Crippen LogP contribution in [-0.4, -0.2) is 16.5 Å². The number of fused-ring (bicyclic) bond motifs is 1. The molecular weight excluding hydrogens is 230 g/mol. The number of nitrogens with zero attached hydrogens (tertiary/aromatic N) is 2. The van der Waals surface area contributed by atoms with E-state index in [1.165, 1.54) is 6.07 Å². The van der Waals surface area contributed by atoms with Gasteiger partial charge < -0.3 is 5.32 Å². The molecule has 0 radical (unpaired) electrons. The van der Waals surface area contributed by atoms with E-state index in [1.54, 1.807) is 24.5 Å². The maximum atomic E-state index is 10.9. The maximum Gasteiger partial charge on any atom is 0.277 e. The van der Waals surface area contributed by atoms with E-state index in [0.29, 0.717) is 18.4 Å². The molecule has 1 heterocycles. The predicted molar refractivity (Wildman–Crippen MR) is 70.3 cm³/mol. The molecule has 0 amide bonds. The van der Waals surface area contributed by atoms with Crippen LogP contribution in [0, 0.1) is 22.5 Å². The predicted octanol–water partition coefficient (Wildman–Crippen LogP) is 2.58. The molecule has 18 heavy (non-hydrogen) atoms. The van der Waals surface area contributed by atoms with Crippen molar-refractivity contribution >= 4 is 22.1 Å². The number of anilines is 1. The Bertz CT molecular complexity index is 632. The van der Waals surface area contributed by atoms with Crippen LogP contribution in [-0.2, 0) is 0 Å². The van der Waals surface area contributed by atoms with Crippen LogP contribution in [0.4, 0.5) is 11.4 Å². The lowest BCUT2D eigenvalue weighted by molar-refractivity contribution is -0.383. The van der Waals surface area contributed by atoms with Gasteiger partial charge >= 0.3 is 0 Å². The van der Waals surface area contributed by atoms with Crippen LogP contribution in [0.15, 0.2) is 30.6 Å². The van der Waals surface area contributed by atoms with Crippen LogP contribution >= 0.6 is 0 Å². The zero-order valence-corrected chi connectivity index (χ0v) is 9.59. The summed E-state index contributed by atoms with van der Waals surface area (Å²) in [5.74, 6) is 2.53. The van der Waals surface area contributed by atoms with E-state index < -0.39 is 4.92 Å². The van der Waals surface area contributed by atoms with Crippen molar-refractivity contribution in [3.8, 4) is 12.3 Å². The highest BCUT2D eigenvalue weighted by atomic mass is 16.6. The fourth-order valence-electron chi connectivity index (χ4n) is 1.76. The third-order valence-electron chi connectivity index (χ3n) is 2.58. The average Bonchev–Trinajstić information content (AvgIpc) is 2.38. The molecule has 2 rings (SSSR count). The first kappa shape index (κ1) is 11.9. The number of hydrogen-bond acceptors (Lipinski definition) is 4. The normalized spacial score (nSPS) is 9.94. The molecule has 5 nitrogen and oxygen atoms in total. The second-order valence-electron chi connectivity index (χ2n) is 3.69. The van der Waals surface area contributed by atoms with E-state index in [-0.39, 0.29) is 5.69 Å². The molecule has 0 aliphatic rings. The van der Waals surface area contributed by atoms with Crippen molar-refractivity contribution < 1.29 is 4.92 Å². The molecule has 1 aromatic heterocycles. The largest absolute Gasteiger partial charge is 0.384 e. The molecular formula is C13H11N3O2. The molecule has 0 aliphatic heterocycles. The van der Waals surface area contributed by atoms with Gasteiger partial charge in [-0.1, -0.05) is 0 Å². The number of pyridine rings is 1. The molecule has 0 aliphatic carbocycles. The molecule has 5 heteroatoms. The minimum absolute atomic E-state index is 0.0786. The Morgan fingerprint density at radius 3 is 2.94 bits per heavy atom. The van der Waals surface area contributed by atoms with E-state index in [4.69, 9.17) is 6.42 Å². The van der Waals surface area contributed by atoms with Crippen LogP contribution in [0.5, 0.6) is 0 Å². The minimum Gasteiger partial charge on any atom is -0.384 e. The quantitative estimate of drug-likeness (QED) is 0.386. The lowest BCUT2D eigenvalue weighted by atomic mass is 10.1. The van der Waals surface area contributed by atoms with E-state index >= 15 is 0 Å². The summed E-state index contributed by atoms with van der Waals surface area (Å²) < 4.78 is 0. The van der Waals surface area contributed by atoms with Gasteiger partial charge in [-0.25, -0.2) is 0 Å². The van der Waals surface area contributed by atoms with Crippen molar-refractivity contribution in [1.29, 1.82) is 0 Å². The molecule has 0 unspecified atom stereocenters. The van der Waals surface area contributed by atoms with Gasteiger partial charge in [0.25, 0.3) is 5.69 Å². The average molecular weight is 241 g/mol. The van der Waals surface area contributed by atoms with Crippen molar-refractivity contribution in [2.24, 2.45) is 0 Å². The summed E-state index contributed by atoms with van der Waals surface area (Å²) in [6.45, 7) is 0.623. The minimum atomic E-state index is -0.395. The van der Waals surface area contributed by atoms with Crippen LogP contribution in [0.25, 0.3) is 10.8 Å². The van der Waals surface area contributed by atoms with Gasteiger partial charge in [0.2, 0.25) is 0 Å². The van der Waals surface area contributed by atoms with Crippen LogP contribution in [0.3, 0.4) is 0 Å². The Hall–Kier alpha value is -2.61. The SMILES string of the molecule is C#CCCNc1ccc([N+](=O)[O-])c2ccncc12. The summed E-state index contributed by atoms with van der Waals surface area (Å²) in [7, 11) is 0. The van der Waals surface area contributed by atoms with Gasteiger partial charge in [0, 0.05) is 42.5 Å². The van der Waals surface area contributed by atoms with E-state index in [9.17, 15) is 10.1 Å². The highest BCUT2D eigenvalue weighted by Crippen LogP contribution is 2.30. The zero-order valence-electron chi connectivity index (χ0n) is 9.59. The highest BCUT2D eigenvalue weighted by molar-refractivity contribution is 5.99. The lowest BCUT2D eigenvalue weighted by Gasteiger charge is -2.08. The maximum absolute atomic E-state index is 10.9. The van der Waals surface area contributed by atoms with Crippen molar-refractivity contribution in [2.45, 2.75) is 6.42 Å². The van der Waals surface area contributed by atoms with Gasteiger partial charge in [-0.3, -0.25) is 15.1 Å².